The topological polar surface area (TPSA) is 89.3 Å². The Morgan fingerprint density at radius 2 is 2.20 bits per heavy atom. The maximum Gasteiger partial charge on any atom is 0.270 e. The highest BCUT2D eigenvalue weighted by Crippen LogP contribution is 2.19. The van der Waals surface area contributed by atoms with Crippen LogP contribution in [0, 0.1) is 0 Å². The molecule has 0 spiro atoms. The van der Waals surface area contributed by atoms with Gasteiger partial charge < -0.3 is 15.5 Å². The minimum absolute atomic E-state index is 0.214. The van der Waals surface area contributed by atoms with Crippen molar-refractivity contribution >= 4 is 11.6 Å². The van der Waals surface area contributed by atoms with Crippen molar-refractivity contribution < 1.29 is 9.53 Å². The molecule has 1 aliphatic carbocycles. The summed E-state index contributed by atoms with van der Waals surface area (Å²) >= 11 is 0. The first-order chi connectivity index (χ1) is 9.79. The summed E-state index contributed by atoms with van der Waals surface area (Å²) in [7, 11) is 0. The van der Waals surface area contributed by atoms with Crippen molar-refractivity contribution in [2.45, 2.75) is 38.2 Å². The van der Waals surface area contributed by atoms with E-state index < -0.39 is 0 Å². The smallest absolute Gasteiger partial charge is 0.270 e. The van der Waals surface area contributed by atoms with Crippen LogP contribution in [0.5, 0.6) is 0 Å². The standard InChI is InChI=1S/C14H22N4O2/c15-18-11-6-7-16-13(10-11)14(19)17-8-9-20-12-4-2-1-3-5-12/h6-7,10,12H,1-5,8-9,15H2,(H,16,18)(H,17,19). The van der Waals surface area contributed by atoms with E-state index >= 15 is 0 Å². The maximum atomic E-state index is 11.9. The van der Waals surface area contributed by atoms with E-state index in [9.17, 15) is 4.79 Å². The first-order valence-corrected chi connectivity index (χ1v) is 7.12. The zero-order chi connectivity index (χ0) is 14.2. The highest BCUT2D eigenvalue weighted by atomic mass is 16.5. The lowest BCUT2D eigenvalue weighted by atomic mass is 9.98. The number of nitrogens with zero attached hydrogens (tertiary/aromatic N) is 1. The van der Waals surface area contributed by atoms with Crippen LogP contribution >= 0.6 is 0 Å². The molecule has 1 saturated carbocycles. The number of anilines is 1. The fraction of sp³-hybridized carbons (Fsp3) is 0.571. The quantitative estimate of drug-likeness (QED) is 0.416. The number of carbonyl (C=O) groups is 1. The molecule has 0 aliphatic heterocycles. The van der Waals surface area contributed by atoms with Gasteiger partial charge >= 0.3 is 0 Å². The van der Waals surface area contributed by atoms with Gasteiger partial charge in [0.25, 0.3) is 5.91 Å². The van der Waals surface area contributed by atoms with Crippen LogP contribution in [0.4, 0.5) is 5.69 Å². The molecule has 0 saturated heterocycles. The summed E-state index contributed by atoms with van der Waals surface area (Å²) in [6.07, 6.45) is 8.00. The minimum atomic E-state index is -0.214. The van der Waals surface area contributed by atoms with Crippen molar-refractivity contribution in [1.29, 1.82) is 0 Å². The molecule has 0 aromatic carbocycles. The molecule has 4 N–H and O–H groups in total. The van der Waals surface area contributed by atoms with Gasteiger partial charge in [-0.05, 0) is 25.0 Å². The molecule has 1 aromatic heterocycles. The average Bonchev–Trinajstić information content (AvgIpc) is 2.52. The summed E-state index contributed by atoms with van der Waals surface area (Å²) in [4.78, 5) is 15.9. The zero-order valence-corrected chi connectivity index (χ0v) is 11.6. The van der Waals surface area contributed by atoms with Crippen LogP contribution in [-0.2, 0) is 4.74 Å². The van der Waals surface area contributed by atoms with Crippen molar-refractivity contribution in [3.8, 4) is 0 Å². The molecule has 1 heterocycles. The van der Waals surface area contributed by atoms with Crippen LogP contribution in [0.15, 0.2) is 18.3 Å². The van der Waals surface area contributed by atoms with Crippen LogP contribution < -0.4 is 16.6 Å². The Balaban J connectivity index is 1.69. The summed E-state index contributed by atoms with van der Waals surface area (Å²) in [6, 6.07) is 3.31. The zero-order valence-electron chi connectivity index (χ0n) is 11.6. The Bertz CT molecular complexity index is 433. The number of hydrogen-bond acceptors (Lipinski definition) is 5. The van der Waals surface area contributed by atoms with Gasteiger partial charge in [0.05, 0.1) is 18.4 Å². The Morgan fingerprint density at radius 3 is 2.95 bits per heavy atom. The molecule has 1 aliphatic rings. The normalized spacial score (nSPS) is 15.8. The largest absolute Gasteiger partial charge is 0.376 e. The second-order valence-corrected chi connectivity index (χ2v) is 4.96. The molecule has 1 amide bonds. The molecule has 20 heavy (non-hydrogen) atoms. The third-order valence-corrected chi connectivity index (χ3v) is 3.45. The number of nitrogens with one attached hydrogen (secondary N) is 2. The number of amides is 1. The number of rotatable bonds is 6. The predicted molar refractivity (Wildman–Crippen MR) is 77.2 cm³/mol. The van der Waals surface area contributed by atoms with Gasteiger partial charge in [-0.3, -0.25) is 15.6 Å². The third-order valence-electron chi connectivity index (χ3n) is 3.45. The summed E-state index contributed by atoms with van der Waals surface area (Å²) in [5.41, 5.74) is 3.49. The van der Waals surface area contributed by atoms with Crippen LogP contribution in [0.3, 0.4) is 0 Å². The van der Waals surface area contributed by atoms with Crippen LogP contribution in [0.1, 0.15) is 42.6 Å². The molecular formula is C14H22N4O2. The van der Waals surface area contributed by atoms with Gasteiger partial charge in [0.15, 0.2) is 0 Å². The van der Waals surface area contributed by atoms with E-state index in [1.807, 2.05) is 0 Å². The van der Waals surface area contributed by atoms with E-state index in [-0.39, 0.29) is 5.91 Å². The molecule has 0 radical (unpaired) electrons. The number of ether oxygens (including phenoxy) is 1. The molecule has 2 rings (SSSR count). The molecule has 0 unspecified atom stereocenters. The first-order valence-electron chi connectivity index (χ1n) is 7.12. The third kappa shape index (κ3) is 4.47. The van der Waals surface area contributed by atoms with E-state index in [1.165, 1.54) is 19.3 Å². The highest BCUT2D eigenvalue weighted by Gasteiger charge is 2.13. The molecular weight excluding hydrogens is 256 g/mol. The number of hydrogen-bond donors (Lipinski definition) is 3. The van der Waals surface area contributed by atoms with Crippen molar-refractivity contribution in [3.63, 3.8) is 0 Å². The van der Waals surface area contributed by atoms with Crippen molar-refractivity contribution in [3.05, 3.63) is 24.0 Å². The van der Waals surface area contributed by atoms with E-state index in [0.29, 0.717) is 30.6 Å². The fourth-order valence-corrected chi connectivity index (χ4v) is 2.36. The molecule has 110 valence electrons. The first kappa shape index (κ1) is 14.7. The number of carbonyl (C=O) groups excluding carboxylic acids is 1. The predicted octanol–water partition coefficient (Wildman–Crippen LogP) is 1.45. The lowest BCUT2D eigenvalue weighted by Crippen LogP contribution is -2.30. The molecule has 6 nitrogen and oxygen atoms in total. The molecule has 0 atom stereocenters. The Hall–Kier alpha value is -1.66. The lowest BCUT2D eigenvalue weighted by molar-refractivity contribution is 0.0299. The summed E-state index contributed by atoms with van der Waals surface area (Å²) in [5.74, 6) is 5.08. The van der Waals surface area contributed by atoms with Gasteiger partial charge in [0.2, 0.25) is 0 Å². The van der Waals surface area contributed by atoms with Gasteiger partial charge in [-0.1, -0.05) is 19.3 Å². The van der Waals surface area contributed by atoms with Gasteiger partial charge in [0.1, 0.15) is 5.69 Å². The van der Waals surface area contributed by atoms with Crippen LogP contribution in [0.25, 0.3) is 0 Å². The van der Waals surface area contributed by atoms with Gasteiger partial charge in [-0.2, -0.15) is 0 Å². The van der Waals surface area contributed by atoms with Gasteiger partial charge in [0, 0.05) is 12.7 Å². The van der Waals surface area contributed by atoms with Crippen molar-refractivity contribution in [1.82, 2.24) is 10.3 Å². The Morgan fingerprint density at radius 1 is 1.40 bits per heavy atom. The average molecular weight is 278 g/mol. The van der Waals surface area contributed by atoms with Crippen molar-refractivity contribution in [2.75, 3.05) is 18.6 Å². The minimum Gasteiger partial charge on any atom is -0.376 e. The molecule has 1 aromatic rings. The summed E-state index contributed by atoms with van der Waals surface area (Å²) < 4.78 is 5.75. The second kappa shape index (κ2) is 7.81. The molecule has 6 heteroatoms. The van der Waals surface area contributed by atoms with Gasteiger partial charge in [-0.15, -0.1) is 0 Å². The number of aromatic nitrogens is 1. The SMILES string of the molecule is NNc1ccnc(C(=O)NCCOC2CCCCC2)c1. The monoisotopic (exact) mass is 278 g/mol. The van der Waals surface area contributed by atoms with Crippen molar-refractivity contribution in [2.24, 2.45) is 5.84 Å². The Kier molecular flexibility index (Phi) is 5.76. The summed E-state index contributed by atoms with van der Waals surface area (Å²) in [6.45, 7) is 1.04. The lowest BCUT2D eigenvalue weighted by Gasteiger charge is -2.21. The van der Waals surface area contributed by atoms with Crippen LogP contribution in [-0.4, -0.2) is 30.1 Å². The van der Waals surface area contributed by atoms with E-state index in [0.717, 1.165) is 12.8 Å². The summed E-state index contributed by atoms with van der Waals surface area (Å²) in [5, 5.41) is 2.79. The number of nitrogen functional groups attached to an aromatic ring is 1. The van der Waals surface area contributed by atoms with E-state index in [4.69, 9.17) is 10.6 Å². The molecule has 1 fully saturated rings. The fourth-order valence-electron chi connectivity index (χ4n) is 2.36. The van der Waals surface area contributed by atoms with E-state index in [2.05, 4.69) is 15.7 Å². The van der Waals surface area contributed by atoms with Gasteiger partial charge in [-0.25, -0.2) is 0 Å². The highest BCUT2D eigenvalue weighted by molar-refractivity contribution is 5.93. The Labute approximate surface area is 119 Å². The van der Waals surface area contributed by atoms with Crippen LogP contribution in [0.2, 0.25) is 0 Å². The van der Waals surface area contributed by atoms with E-state index in [1.54, 1.807) is 18.3 Å². The molecule has 0 bridgehead atoms. The number of nitrogens with two attached hydrogens (primary N) is 1. The number of hydrazine groups is 1. The second-order valence-electron chi connectivity index (χ2n) is 4.96. The number of pyridine rings is 1. The maximum absolute atomic E-state index is 11.9.